The van der Waals surface area contributed by atoms with Crippen molar-refractivity contribution in [3.63, 3.8) is 0 Å². The van der Waals surface area contributed by atoms with E-state index in [1.54, 1.807) is 31.4 Å². The summed E-state index contributed by atoms with van der Waals surface area (Å²) in [6.45, 7) is 0.613. The fourth-order valence-corrected chi connectivity index (χ4v) is 4.08. The van der Waals surface area contributed by atoms with Crippen molar-refractivity contribution in [2.75, 3.05) is 14.2 Å². The Morgan fingerprint density at radius 2 is 1.59 bits per heavy atom. The smallest absolute Gasteiger partial charge is 0.243 e. The molecule has 5 nitrogen and oxygen atoms in total. The first-order valence-corrected chi connectivity index (χ1v) is 10.8. The van der Waals surface area contributed by atoms with Crippen molar-refractivity contribution < 1.29 is 17.9 Å². The first kappa shape index (κ1) is 21.2. The van der Waals surface area contributed by atoms with Crippen LogP contribution in [0.3, 0.4) is 0 Å². The lowest BCUT2D eigenvalue weighted by molar-refractivity contribution is 0.284. The van der Waals surface area contributed by atoms with Crippen molar-refractivity contribution in [1.82, 2.24) is 4.31 Å². The van der Waals surface area contributed by atoms with Crippen LogP contribution in [0.5, 0.6) is 11.5 Å². The standard InChI is InChI=1S/C22H22ClNO4S/c1-24(29(25,26)20-11-9-19(23)10-12-20)15-18-8-13-21(22(14-18)27-2)28-16-17-6-4-3-5-7-17/h3-14H,15-16H2,1-2H3. The van der Waals surface area contributed by atoms with Gasteiger partial charge in [0.15, 0.2) is 11.5 Å². The third-order valence-electron chi connectivity index (χ3n) is 4.39. The average molecular weight is 432 g/mol. The van der Waals surface area contributed by atoms with Crippen LogP contribution in [0.4, 0.5) is 0 Å². The van der Waals surface area contributed by atoms with Gasteiger partial charge in [-0.3, -0.25) is 0 Å². The van der Waals surface area contributed by atoms with Crippen LogP contribution in [0.25, 0.3) is 0 Å². The molecule has 3 aromatic carbocycles. The molecule has 0 radical (unpaired) electrons. The van der Waals surface area contributed by atoms with Crippen molar-refractivity contribution in [1.29, 1.82) is 0 Å². The van der Waals surface area contributed by atoms with Crippen molar-refractivity contribution in [2.24, 2.45) is 0 Å². The molecule has 0 heterocycles. The van der Waals surface area contributed by atoms with Gasteiger partial charge >= 0.3 is 0 Å². The van der Waals surface area contributed by atoms with Crippen molar-refractivity contribution in [2.45, 2.75) is 18.0 Å². The number of sulfonamides is 1. The molecular weight excluding hydrogens is 410 g/mol. The highest BCUT2D eigenvalue weighted by atomic mass is 35.5. The maximum atomic E-state index is 12.8. The number of halogens is 1. The SMILES string of the molecule is COc1cc(CN(C)S(=O)(=O)c2ccc(Cl)cc2)ccc1OCc1ccccc1. The Morgan fingerprint density at radius 1 is 0.897 bits per heavy atom. The molecule has 0 unspecified atom stereocenters. The summed E-state index contributed by atoms with van der Waals surface area (Å²) in [6.07, 6.45) is 0. The molecule has 0 bridgehead atoms. The van der Waals surface area contributed by atoms with Gasteiger partial charge in [0.25, 0.3) is 0 Å². The predicted octanol–water partition coefficient (Wildman–Crippen LogP) is 4.75. The third-order valence-corrected chi connectivity index (χ3v) is 6.46. The average Bonchev–Trinajstić information content (AvgIpc) is 2.73. The van der Waals surface area contributed by atoms with Gasteiger partial charge < -0.3 is 9.47 Å². The Bertz CT molecular complexity index is 1050. The summed E-state index contributed by atoms with van der Waals surface area (Å²) >= 11 is 5.85. The van der Waals surface area contributed by atoms with Crippen LogP contribution in [-0.2, 0) is 23.2 Å². The zero-order valence-electron chi connectivity index (χ0n) is 16.2. The predicted molar refractivity (Wildman–Crippen MR) is 114 cm³/mol. The number of hydrogen-bond donors (Lipinski definition) is 0. The molecule has 0 aromatic heterocycles. The number of nitrogens with zero attached hydrogens (tertiary/aromatic N) is 1. The minimum Gasteiger partial charge on any atom is -0.493 e. The fourth-order valence-electron chi connectivity index (χ4n) is 2.79. The van der Waals surface area contributed by atoms with Gasteiger partial charge in [-0.2, -0.15) is 4.31 Å². The van der Waals surface area contributed by atoms with Crippen molar-refractivity contribution in [3.8, 4) is 11.5 Å². The maximum absolute atomic E-state index is 12.8. The van der Waals surface area contributed by atoms with Gasteiger partial charge in [-0.1, -0.05) is 48.0 Å². The Labute approximate surface area is 176 Å². The molecular formula is C22H22ClNO4S. The minimum absolute atomic E-state index is 0.194. The van der Waals surface area contributed by atoms with E-state index in [4.69, 9.17) is 21.1 Å². The number of rotatable bonds is 8. The molecule has 7 heteroatoms. The van der Waals surface area contributed by atoms with Gasteiger partial charge in [0, 0.05) is 18.6 Å². The molecule has 3 rings (SSSR count). The zero-order chi connectivity index (χ0) is 20.9. The Morgan fingerprint density at radius 3 is 2.24 bits per heavy atom. The van der Waals surface area contributed by atoms with Crippen LogP contribution < -0.4 is 9.47 Å². The van der Waals surface area contributed by atoms with Crippen LogP contribution in [0, 0.1) is 0 Å². The van der Waals surface area contributed by atoms with E-state index in [9.17, 15) is 8.42 Å². The van der Waals surface area contributed by atoms with Crippen LogP contribution in [0.2, 0.25) is 5.02 Å². The van der Waals surface area contributed by atoms with Gasteiger partial charge in [-0.25, -0.2) is 8.42 Å². The molecule has 0 saturated heterocycles. The molecule has 3 aromatic rings. The van der Waals surface area contributed by atoms with Crippen molar-refractivity contribution >= 4 is 21.6 Å². The summed E-state index contributed by atoms with van der Waals surface area (Å²) in [7, 11) is -0.531. The molecule has 0 saturated carbocycles. The van der Waals surface area contributed by atoms with Gasteiger partial charge in [-0.05, 0) is 47.5 Å². The molecule has 0 aliphatic rings. The molecule has 0 fully saturated rings. The normalized spacial score (nSPS) is 11.4. The minimum atomic E-state index is -3.63. The van der Waals surface area contributed by atoms with Gasteiger partial charge in [0.1, 0.15) is 6.61 Å². The molecule has 152 valence electrons. The lowest BCUT2D eigenvalue weighted by Crippen LogP contribution is -2.26. The topological polar surface area (TPSA) is 55.8 Å². The lowest BCUT2D eigenvalue weighted by Gasteiger charge is -2.18. The highest BCUT2D eigenvalue weighted by molar-refractivity contribution is 7.89. The Hall–Kier alpha value is -2.54. The molecule has 0 aliphatic heterocycles. The first-order valence-electron chi connectivity index (χ1n) is 8.95. The van der Waals surface area contributed by atoms with E-state index >= 15 is 0 Å². The fraction of sp³-hybridized carbons (Fsp3) is 0.182. The summed E-state index contributed by atoms with van der Waals surface area (Å²) in [5, 5.41) is 0.488. The van der Waals surface area contributed by atoms with E-state index in [-0.39, 0.29) is 11.4 Å². The van der Waals surface area contributed by atoms with Gasteiger partial charge in [-0.15, -0.1) is 0 Å². The monoisotopic (exact) mass is 431 g/mol. The number of hydrogen-bond acceptors (Lipinski definition) is 4. The van der Waals surface area contributed by atoms with Gasteiger partial charge in [0.2, 0.25) is 10.0 Å². The van der Waals surface area contributed by atoms with Crippen LogP contribution in [0.1, 0.15) is 11.1 Å². The van der Waals surface area contributed by atoms with E-state index < -0.39 is 10.0 Å². The molecule has 0 aliphatic carbocycles. The highest BCUT2D eigenvalue weighted by Gasteiger charge is 2.21. The molecule has 29 heavy (non-hydrogen) atoms. The Balaban J connectivity index is 1.73. The van der Waals surface area contributed by atoms with E-state index in [2.05, 4.69) is 0 Å². The second-order valence-electron chi connectivity index (χ2n) is 6.47. The quantitative estimate of drug-likeness (QED) is 0.516. The van der Waals surface area contributed by atoms with Crippen LogP contribution in [-0.4, -0.2) is 26.9 Å². The summed E-state index contributed by atoms with van der Waals surface area (Å²) in [5.74, 6) is 1.15. The van der Waals surface area contributed by atoms with E-state index in [1.165, 1.54) is 23.5 Å². The summed E-state index contributed by atoms with van der Waals surface area (Å²) in [5.41, 5.74) is 1.83. The molecule has 0 spiro atoms. The van der Waals surface area contributed by atoms with E-state index in [0.29, 0.717) is 23.1 Å². The zero-order valence-corrected chi connectivity index (χ0v) is 17.8. The largest absolute Gasteiger partial charge is 0.493 e. The third kappa shape index (κ3) is 5.29. The molecule has 0 atom stereocenters. The van der Waals surface area contributed by atoms with Crippen molar-refractivity contribution in [3.05, 3.63) is 88.9 Å². The number of ether oxygens (including phenoxy) is 2. The van der Waals surface area contributed by atoms with Crippen LogP contribution in [0.15, 0.2) is 77.7 Å². The number of methoxy groups -OCH3 is 1. The molecule has 0 N–H and O–H groups in total. The highest BCUT2D eigenvalue weighted by Crippen LogP contribution is 2.30. The van der Waals surface area contributed by atoms with E-state index in [0.717, 1.165) is 11.1 Å². The number of benzene rings is 3. The second-order valence-corrected chi connectivity index (χ2v) is 8.96. The van der Waals surface area contributed by atoms with E-state index in [1.807, 2.05) is 36.4 Å². The second kappa shape index (κ2) is 9.31. The Kier molecular flexibility index (Phi) is 6.79. The lowest BCUT2D eigenvalue weighted by atomic mass is 10.2. The van der Waals surface area contributed by atoms with Crippen LogP contribution >= 0.6 is 11.6 Å². The van der Waals surface area contributed by atoms with Gasteiger partial charge in [0.05, 0.1) is 12.0 Å². The summed E-state index contributed by atoms with van der Waals surface area (Å²) in [6, 6.07) is 21.3. The maximum Gasteiger partial charge on any atom is 0.243 e. The summed E-state index contributed by atoms with van der Waals surface area (Å²) < 4.78 is 38.1. The summed E-state index contributed by atoms with van der Waals surface area (Å²) in [4.78, 5) is 0.194. The molecule has 0 amide bonds. The first-order chi connectivity index (χ1) is 13.9.